The SMILES string of the molecule is O=C(NCCn1cnc(C2CC2)cc1=O)c1cccc(-n2cnnn2)c1. The fraction of sp³-hybridized carbons (Fsp3) is 0.294. The Morgan fingerprint density at radius 2 is 2.12 bits per heavy atom. The van der Waals surface area contributed by atoms with Crippen molar-refractivity contribution in [3.63, 3.8) is 0 Å². The van der Waals surface area contributed by atoms with Gasteiger partial charge >= 0.3 is 0 Å². The fourth-order valence-corrected chi connectivity index (χ4v) is 2.67. The minimum absolute atomic E-state index is 0.0863. The molecule has 2 aromatic heterocycles. The van der Waals surface area contributed by atoms with E-state index < -0.39 is 0 Å². The Morgan fingerprint density at radius 1 is 1.23 bits per heavy atom. The van der Waals surface area contributed by atoms with Crippen molar-refractivity contribution in [2.75, 3.05) is 6.54 Å². The first-order valence-corrected chi connectivity index (χ1v) is 8.39. The Labute approximate surface area is 148 Å². The molecule has 2 heterocycles. The zero-order valence-electron chi connectivity index (χ0n) is 13.9. The highest BCUT2D eigenvalue weighted by Crippen LogP contribution is 2.38. The maximum Gasteiger partial charge on any atom is 0.253 e. The summed E-state index contributed by atoms with van der Waals surface area (Å²) in [5, 5.41) is 13.8. The minimum Gasteiger partial charge on any atom is -0.350 e. The van der Waals surface area contributed by atoms with Crippen molar-refractivity contribution in [1.29, 1.82) is 0 Å². The molecule has 0 radical (unpaired) electrons. The van der Waals surface area contributed by atoms with Gasteiger partial charge in [0.15, 0.2) is 0 Å². The van der Waals surface area contributed by atoms with Crippen LogP contribution in [-0.2, 0) is 6.54 Å². The summed E-state index contributed by atoms with van der Waals surface area (Å²) in [6, 6.07) is 8.57. The molecular formula is C17H17N7O2. The molecule has 26 heavy (non-hydrogen) atoms. The summed E-state index contributed by atoms with van der Waals surface area (Å²) in [6.45, 7) is 0.702. The van der Waals surface area contributed by atoms with Crippen molar-refractivity contribution in [3.05, 3.63) is 64.6 Å². The fourth-order valence-electron chi connectivity index (χ4n) is 2.67. The number of hydrogen-bond acceptors (Lipinski definition) is 6. The van der Waals surface area contributed by atoms with Crippen molar-refractivity contribution in [2.45, 2.75) is 25.3 Å². The van der Waals surface area contributed by atoms with E-state index in [1.807, 2.05) is 0 Å². The van der Waals surface area contributed by atoms with Crippen molar-refractivity contribution in [1.82, 2.24) is 35.1 Å². The van der Waals surface area contributed by atoms with E-state index in [-0.39, 0.29) is 11.5 Å². The molecule has 1 N–H and O–H groups in total. The van der Waals surface area contributed by atoms with Gasteiger partial charge in [-0.05, 0) is 41.5 Å². The second kappa shape index (κ2) is 6.87. The highest BCUT2D eigenvalue weighted by Gasteiger charge is 2.25. The van der Waals surface area contributed by atoms with Crippen LogP contribution in [0.15, 0.2) is 47.8 Å². The smallest absolute Gasteiger partial charge is 0.253 e. The lowest BCUT2D eigenvalue weighted by Crippen LogP contribution is -2.31. The topological polar surface area (TPSA) is 108 Å². The van der Waals surface area contributed by atoms with Gasteiger partial charge in [0, 0.05) is 30.6 Å². The molecule has 1 aliphatic carbocycles. The van der Waals surface area contributed by atoms with Gasteiger partial charge in [0.1, 0.15) is 6.33 Å². The lowest BCUT2D eigenvalue weighted by atomic mass is 10.2. The molecule has 0 spiro atoms. The first kappa shape index (κ1) is 16.1. The van der Waals surface area contributed by atoms with E-state index in [1.165, 1.54) is 15.6 Å². The van der Waals surface area contributed by atoms with Gasteiger partial charge in [0.2, 0.25) is 0 Å². The molecule has 0 aliphatic heterocycles. The van der Waals surface area contributed by atoms with E-state index in [1.54, 1.807) is 36.7 Å². The van der Waals surface area contributed by atoms with Gasteiger partial charge < -0.3 is 5.32 Å². The van der Waals surface area contributed by atoms with E-state index in [2.05, 4.69) is 25.8 Å². The summed E-state index contributed by atoms with van der Waals surface area (Å²) in [6.07, 6.45) is 5.23. The third kappa shape index (κ3) is 3.51. The summed E-state index contributed by atoms with van der Waals surface area (Å²) < 4.78 is 2.98. The van der Waals surface area contributed by atoms with Crippen LogP contribution < -0.4 is 10.9 Å². The Balaban J connectivity index is 1.37. The Kier molecular flexibility index (Phi) is 4.26. The molecule has 9 heteroatoms. The van der Waals surface area contributed by atoms with Crippen LogP contribution in [0.2, 0.25) is 0 Å². The van der Waals surface area contributed by atoms with Crippen LogP contribution in [0.4, 0.5) is 0 Å². The highest BCUT2D eigenvalue weighted by molar-refractivity contribution is 5.94. The molecule has 132 valence electrons. The van der Waals surface area contributed by atoms with E-state index >= 15 is 0 Å². The van der Waals surface area contributed by atoms with Gasteiger partial charge in [-0.25, -0.2) is 9.67 Å². The molecule has 0 atom stereocenters. The van der Waals surface area contributed by atoms with E-state index in [0.29, 0.717) is 30.3 Å². The molecule has 1 amide bonds. The van der Waals surface area contributed by atoms with Crippen molar-refractivity contribution in [3.8, 4) is 5.69 Å². The molecule has 0 saturated heterocycles. The molecule has 1 aliphatic rings. The van der Waals surface area contributed by atoms with Gasteiger partial charge in [0.05, 0.1) is 17.7 Å². The van der Waals surface area contributed by atoms with Crippen molar-refractivity contribution < 1.29 is 4.79 Å². The summed E-state index contributed by atoms with van der Waals surface area (Å²) in [4.78, 5) is 28.7. The normalized spacial score (nSPS) is 13.5. The molecule has 1 aromatic carbocycles. The zero-order chi connectivity index (χ0) is 17.9. The Bertz CT molecular complexity index is 977. The first-order valence-electron chi connectivity index (χ1n) is 8.39. The largest absolute Gasteiger partial charge is 0.350 e. The van der Waals surface area contributed by atoms with E-state index in [0.717, 1.165) is 18.5 Å². The molecule has 1 fully saturated rings. The van der Waals surface area contributed by atoms with Crippen molar-refractivity contribution >= 4 is 5.91 Å². The van der Waals surface area contributed by atoms with Crippen molar-refractivity contribution in [2.24, 2.45) is 0 Å². The molecule has 9 nitrogen and oxygen atoms in total. The summed E-state index contributed by atoms with van der Waals surface area (Å²) >= 11 is 0. The predicted octanol–water partition coefficient (Wildman–Crippen LogP) is 0.526. The van der Waals surface area contributed by atoms with Gasteiger partial charge in [0.25, 0.3) is 11.5 Å². The van der Waals surface area contributed by atoms with Gasteiger partial charge in [-0.1, -0.05) is 6.07 Å². The summed E-state index contributed by atoms with van der Waals surface area (Å²) in [7, 11) is 0. The summed E-state index contributed by atoms with van der Waals surface area (Å²) in [5.41, 5.74) is 1.97. The maximum atomic E-state index is 12.3. The summed E-state index contributed by atoms with van der Waals surface area (Å²) in [5.74, 6) is 0.222. The Morgan fingerprint density at radius 3 is 2.85 bits per heavy atom. The number of nitrogens with zero attached hydrogens (tertiary/aromatic N) is 6. The average molecular weight is 351 g/mol. The van der Waals surface area contributed by atoms with Crippen LogP contribution in [0.3, 0.4) is 0 Å². The van der Waals surface area contributed by atoms with Crippen LogP contribution in [0, 0.1) is 0 Å². The first-order chi connectivity index (χ1) is 12.7. The Hall–Kier alpha value is -3.36. The zero-order valence-corrected chi connectivity index (χ0v) is 13.9. The van der Waals surface area contributed by atoms with Gasteiger partial charge in [-0.2, -0.15) is 0 Å². The second-order valence-corrected chi connectivity index (χ2v) is 6.18. The van der Waals surface area contributed by atoms with Crippen LogP contribution in [0.1, 0.15) is 34.8 Å². The van der Waals surface area contributed by atoms with Crippen LogP contribution in [0.25, 0.3) is 5.69 Å². The number of aromatic nitrogens is 6. The van der Waals surface area contributed by atoms with Crippen LogP contribution in [0.5, 0.6) is 0 Å². The van der Waals surface area contributed by atoms with Crippen LogP contribution in [-0.4, -0.2) is 42.2 Å². The lowest BCUT2D eigenvalue weighted by Gasteiger charge is -2.09. The number of carbonyl (C=O) groups excluding carboxylic acids is 1. The van der Waals surface area contributed by atoms with Gasteiger partial charge in [-0.15, -0.1) is 5.10 Å². The third-order valence-electron chi connectivity index (χ3n) is 4.26. The molecule has 0 unspecified atom stereocenters. The number of carbonyl (C=O) groups is 1. The maximum absolute atomic E-state index is 12.3. The molecule has 3 aromatic rings. The number of nitrogens with one attached hydrogen (secondary N) is 1. The van der Waals surface area contributed by atoms with Gasteiger partial charge in [-0.3, -0.25) is 14.2 Å². The molecule has 0 bridgehead atoms. The van der Waals surface area contributed by atoms with E-state index in [4.69, 9.17) is 0 Å². The molecule has 1 saturated carbocycles. The monoisotopic (exact) mass is 351 g/mol. The number of benzene rings is 1. The lowest BCUT2D eigenvalue weighted by molar-refractivity contribution is 0.0952. The quantitative estimate of drug-likeness (QED) is 0.694. The number of tetrazole rings is 1. The number of rotatable bonds is 6. The van der Waals surface area contributed by atoms with E-state index in [9.17, 15) is 9.59 Å². The molecule has 4 rings (SSSR count). The standard InChI is InChI=1S/C17H17N7O2/c25-16-9-15(12-4-5-12)19-10-23(16)7-6-18-17(26)13-2-1-3-14(8-13)24-11-20-21-22-24/h1-3,8-12H,4-7H2,(H,18,26). The molecular weight excluding hydrogens is 334 g/mol. The second-order valence-electron chi connectivity index (χ2n) is 6.18. The average Bonchev–Trinajstić information content (AvgIpc) is 3.37. The number of hydrogen-bond donors (Lipinski definition) is 1. The third-order valence-corrected chi connectivity index (χ3v) is 4.26. The predicted molar refractivity (Wildman–Crippen MR) is 92.0 cm³/mol. The van der Waals surface area contributed by atoms with Crippen LogP contribution >= 0.6 is 0 Å². The number of amides is 1. The minimum atomic E-state index is -0.226. The highest BCUT2D eigenvalue weighted by atomic mass is 16.1.